The smallest absolute Gasteiger partial charge is 0.247 e. The molecule has 0 atom stereocenters. The van der Waals surface area contributed by atoms with E-state index in [0.29, 0.717) is 35.0 Å². The molecule has 0 aliphatic carbocycles. The van der Waals surface area contributed by atoms with Gasteiger partial charge in [-0.05, 0) is 44.4 Å². The van der Waals surface area contributed by atoms with E-state index in [4.69, 9.17) is 4.74 Å². The molecule has 1 heterocycles. The first kappa shape index (κ1) is 27.9. The third kappa shape index (κ3) is 6.77. The monoisotopic (exact) mass is 518 g/mol. The highest BCUT2D eigenvalue weighted by molar-refractivity contribution is 6.02. The number of hydrogen-bond donors (Lipinski definition) is 3. The highest BCUT2D eigenvalue weighted by atomic mass is 16.5. The number of hydrogen-bond acceptors (Lipinski definition) is 9. The van der Waals surface area contributed by atoms with Gasteiger partial charge in [-0.2, -0.15) is 4.98 Å². The summed E-state index contributed by atoms with van der Waals surface area (Å²) < 4.78 is 5.66. The summed E-state index contributed by atoms with van der Waals surface area (Å²) in [5.74, 6) is 0.796. The molecule has 0 aliphatic rings. The molecule has 38 heavy (non-hydrogen) atoms. The molecule has 0 saturated heterocycles. The van der Waals surface area contributed by atoms with Gasteiger partial charge in [-0.1, -0.05) is 18.7 Å². The standard InChI is InChI=1S/C27H34N8O3/c1-7-26(37)30-20-16-21(24(38-6)17-23(20)34(5)15-14-33(3)4)31-27-29-13-12-25(32-27)35(18-36)22-11-9-8-10-19(22)28-2/h7-13,16-18,28H,1,14-15H2,2-6H3,(H,30,37)(H,29,31,32). The fourth-order valence-corrected chi connectivity index (χ4v) is 3.70. The predicted molar refractivity (Wildman–Crippen MR) is 153 cm³/mol. The van der Waals surface area contributed by atoms with Gasteiger partial charge < -0.3 is 30.5 Å². The molecule has 0 radical (unpaired) electrons. The molecule has 3 aromatic rings. The number of likely N-dealkylation sites (N-methyl/N-ethyl adjacent to an activating group) is 2. The summed E-state index contributed by atoms with van der Waals surface area (Å²) in [6, 6.07) is 12.6. The number of ether oxygens (including phenoxy) is 1. The van der Waals surface area contributed by atoms with E-state index in [0.717, 1.165) is 24.5 Å². The lowest BCUT2D eigenvalue weighted by Gasteiger charge is -2.26. The summed E-state index contributed by atoms with van der Waals surface area (Å²) >= 11 is 0. The van der Waals surface area contributed by atoms with E-state index in [9.17, 15) is 9.59 Å². The Hall–Kier alpha value is -4.64. The third-order valence-corrected chi connectivity index (χ3v) is 5.73. The molecule has 11 heteroatoms. The van der Waals surface area contributed by atoms with Gasteiger partial charge in [0.1, 0.15) is 11.6 Å². The average molecular weight is 519 g/mol. The molecule has 2 amide bonds. The molecule has 0 aliphatic heterocycles. The quantitative estimate of drug-likeness (QED) is 0.230. The minimum absolute atomic E-state index is 0.240. The predicted octanol–water partition coefficient (Wildman–Crippen LogP) is 3.69. The van der Waals surface area contributed by atoms with Crippen molar-refractivity contribution in [3.05, 3.63) is 61.3 Å². The van der Waals surface area contributed by atoms with Crippen LogP contribution in [0, 0.1) is 0 Å². The lowest BCUT2D eigenvalue weighted by molar-refractivity contribution is -0.112. The fraction of sp³-hybridized carbons (Fsp3) is 0.259. The number of para-hydroxylation sites is 2. The van der Waals surface area contributed by atoms with Crippen molar-refractivity contribution in [1.29, 1.82) is 0 Å². The summed E-state index contributed by atoms with van der Waals surface area (Å²) in [6.07, 6.45) is 3.47. The first-order chi connectivity index (χ1) is 18.3. The van der Waals surface area contributed by atoms with Gasteiger partial charge in [0.2, 0.25) is 18.3 Å². The Kier molecular flexibility index (Phi) is 9.60. The Morgan fingerprint density at radius 3 is 2.47 bits per heavy atom. The van der Waals surface area contributed by atoms with Crippen LogP contribution in [0.3, 0.4) is 0 Å². The molecule has 3 N–H and O–H groups in total. The van der Waals surface area contributed by atoms with Crippen LogP contribution in [0.4, 0.5) is 40.2 Å². The van der Waals surface area contributed by atoms with Crippen LogP contribution in [0.25, 0.3) is 0 Å². The first-order valence-corrected chi connectivity index (χ1v) is 11.9. The number of nitrogens with one attached hydrogen (secondary N) is 3. The number of aromatic nitrogens is 2. The largest absolute Gasteiger partial charge is 0.494 e. The van der Waals surface area contributed by atoms with Gasteiger partial charge in [0.05, 0.1) is 35.5 Å². The van der Waals surface area contributed by atoms with E-state index in [1.807, 2.05) is 56.4 Å². The highest BCUT2D eigenvalue weighted by Gasteiger charge is 2.18. The maximum Gasteiger partial charge on any atom is 0.247 e. The summed E-state index contributed by atoms with van der Waals surface area (Å²) in [5, 5.41) is 9.11. The lowest BCUT2D eigenvalue weighted by atomic mass is 10.2. The summed E-state index contributed by atoms with van der Waals surface area (Å²) in [4.78, 5) is 38.7. The highest BCUT2D eigenvalue weighted by Crippen LogP contribution is 2.38. The van der Waals surface area contributed by atoms with Crippen LogP contribution < -0.4 is 30.5 Å². The summed E-state index contributed by atoms with van der Waals surface area (Å²) in [5.41, 5.74) is 3.28. The van der Waals surface area contributed by atoms with Crippen molar-refractivity contribution in [2.75, 3.05) is 74.1 Å². The second kappa shape index (κ2) is 13.1. The average Bonchev–Trinajstić information content (AvgIpc) is 2.92. The van der Waals surface area contributed by atoms with E-state index in [2.05, 4.69) is 37.4 Å². The van der Waals surface area contributed by atoms with Gasteiger partial charge in [-0.15, -0.1) is 0 Å². The van der Waals surface area contributed by atoms with Gasteiger partial charge in [0.15, 0.2) is 0 Å². The van der Waals surface area contributed by atoms with Gasteiger partial charge >= 0.3 is 0 Å². The molecule has 200 valence electrons. The number of carbonyl (C=O) groups is 2. The molecule has 0 bridgehead atoms. The van der Waals surface area contributed by atoms with Crippen molar-refractivity contribution in [3.63, 3.8) is 0 Å². The fourth-order valence-electron chi connectivity index (χ4n) is 3.70. The number of nitrogens with zero attached hydrogens (tertiary/aromatic N) is 5. The topological polar surface area (TPSA) is 115 Å². The number of carbonyl (C=O) groups excluding carboxylic acids is 2. The number of benzene rings is 2. The number of rotatable bonds is 13. The Morgan fingerprint density at radius 2 is 1.82 bits per heavy atom. The molecule has 1 aromatic heterocycles. The molecule has 3 rings (SSSR count). The first-order valence-electron chi connectivity index (χ1n) is 11.9. The minimum atomic E-state index is -0.341. The maximum absolute atomic E-state index is 12.2. The van der Waals surface area contributed by atoms with E-state index < -0.39 is 0 Å². The Labute approximate surface area is 223 Å². The van der Waals surface area contributed by atoms with Crippen molar-refractivity contribution >= 4 is 52.5 Å². The number of anilines is 7. The Bertz CT molecular complexity index is 1280. The summed E-state index contributed by atoms with van der Waals surface area (Å²) in [6.45, 7) is 5.10. The van der Waals surface area contributed by atoms with Crippen molar-refractivity contribution in [2.24, 2.45) is 0 Å². The number of methoxy groups -OCH3 is 1. The molecule has 0 unspecified atom stereocenters. The van der Waals surface area contributed by atoms with Crippen LogP contribution in [0.5, 0.6) is 5.75 Å². The van der Waals surface area contributed by atoms with Gasteiger partial charge in [0, 0.05) is 39.4 Å². The van der Waals surface area contributed by atoms with E-state index >= 15 is 0 Å². The zero-order valence-electron chi connectivity index (χ0n) is 22.4. The Balaban J connectivity index is 1.99. The number of amides is 2. The SMILES string of the molecule is C=CC(=O)Nc1cc(Nc2nccc(N(C=O)c3ccccc3NC)n2)c(OC)cc1N(C)CCN(C)C. The van der Waals surface area contributed by atoms with Gasteiger partial charge in [0.25, 0.3) is 0 Å². The lowest BCUT2D eigenvalue weighted by Crippen LogP contribution is -2.29. The Morgan fingerprint density at radius 1 is 1.05 bits per heavy atom. The molecular weight excluding hydrogens is 484 g/mol. The molecule has 2 aromatic carbocycles. The van der Waals surface area contributed by atoms with Gasteiger partial charge in [-0.3, -0.25) is 14.5 Å². The maximum atomic E-state index is 12.2. The molecular formula is C27H34N8O3. The van der Waals surface area contributed by atoms with Crippen LogP contribution >= 0.6 is 0 Å². The minimum Gasteiger partial charge on any atom is -0.494 e. The normalized spacial score (nSPS) is 10.5. The van der Waals surface area contributed by atoms with Crippen LogP contribution in [0.2, 0.25) is 0 Å². The molecule has 0 fully saturated rings. The molecule has 0 saturated carbocycles. The zero-order chi connectivity index (χ0) is 27.7. The summed E-state index contributed by atoms with van der Waals surface area (Å²) in [7, 11) is 9.29. The molecule has 0 spiro atoms. The van der Waals surface area contributed by atoms with E-state index in [1.165, 1.54) is 11.0 Å². The van der Waals surface area contributed by atoms with E-state index in [1.54, 1.807) is 32.5 Å². The zero-order valence-corrected chi connectivity index (χ0v) is 22.4. The van der Waals surface area contributed by atoms with Crippen molar-refractivity contribution in [1.82, 2.24) is 14.9 Å². The van der Waals surface area contributed by atoms with E-state index in [-0.39, 0.29) is 11.9 Å². The van der Waals surface area contributed by atoms with Crippen molar-refractivity contribution < 1.29 is 14.3 Å². The van der Waals surface area contributed by atoms with Gasteiger partial charge in [-0.25, -0.2) is 4.98 Å². The third-order valence-electron chi connectivity index (χ3n) is 5.73. The van der Waals surface area contributed by atoms with Crippen LogP contribution in [-0.4, -0.2) is 75.6 Å². The van der Waals surface area contributed by atoms with Crippen molar-refractivity contribution in [3.8, 4) is 5.75 Å². The second-order valence-corrected chi connectivity index (χ2v) is 8.59. The van der Waals surface area contributed by atoms with Crippen LogP contribution in [-0.2, 0) is 9.59 Å². The van der Waals surface area contributed by atoms with Crippen molar-refractivity contribution in [2.45, 2.75) is 0 Å². The van der Waals surface area contributed by atoms with Crippen LogP contribution in [0.1, 0.15) is 0 Å². The van der Waals surface area contributed by atoms with Crippen LogP contribution in [0.15, 0.2) is 61.3 Å². The molecule has 11 nitrogen and oxygen atoms in total. The second-order valence-electron chi connectivity index (χ2n) is 8.59.